The molecule has 0 radical (unpaired) electrons. The minimum atomic E-state index is -0.773. The third-order valence-corrected chi connectivity index (χ3v) is 3.09. The van der Waals surface area contributed by atoms with Gasteiger partial charge in [0.2, 0.25) is 0 Å². The molecule has 0 aliphatic carbocycles. The molecule has 0 spiro atoms. The molecule has 1 atom stereocenters. The molecule has 0 aliphatic heterocycles. The van der Waals surface area contributed by atoms with Crippen LogP contribution in [0, 0.1) is 0 Å². The van der Waals surface area contributed by atoms with Crippen molar-refractivity contribution in [1.82, 2.24) is 10.3 Å². The van der Waals surface area contributed by atoms with Gasteiger partial charge in [-0.15, -0.1) is 0 Å². The first-order valence-corrected chi connectivity index (χ1v) is 6.43. The monoisotopic (exact) mass is 272 g/mol. The highest BCUT2D eigenvalue weighted by Gasteiger charge is 2.21. The van der Waals surface area contributed by atoms with Crippen molar-refractivity contribution in [1.29, 1.82) is 0 Å². The molecule has 0 saturated carbocycles. The van der Waals surface area contributed by atoms with Crippen molar-refractivity contribution in [3.05, 3.63) is 29.0 Å². The highest BCUT2D eigenvalue weighted by Crippen LogP contribution is 2.21. The third kappa shape index (κ3) is 5.78. The molecular formula is C13H21ClN2O2. The van der Waals surface area contributed by atoms with Crippen LogP contribution in [0.2, 0.25) is 5.02 Å². The van der Waals surface area contributed by atoms with E-state index in [2.05, 4.69) is 10.3 Å². The summed E-state index contributed by atoms with van der Waals surface area (Å²) in [6, 6.07) is 1.84. The second-order valence-corrected chi connectivity index (χ2v) is 5.04. The number of halogens is 1. The van der Waals surface area contributed by atoms with Crippen molar-refractivity contribution in [3.63, 3.8) is 0 Å². The Morgan fingerprint density at radius 1 is 1.50 bits per heavy atom. The van der Waals surface area contributed by atoms with Gasteiger partial charge in [0.15, 0.2) is 0 Å². The molecule has 1 aromatic rings. The lowest BCUT2D eigenvalue weighted by Crippen LogP contribution is -2.33. The molecule has 1 unspecified atom stereocenters. The summed E-state index contributed by atoms with van der Waals surface area (Å²) < 4.78 is 4.94. The first kappa shape index (κ1) is 15.4. The van der Waals surface area contributed by atoms with Gasteiger partial charge >= 0.3 is 0 Å². The molecule has 0 bridgehead atoms. The number of nitrogens with zero attached hydrogens (tertiary/aromatic N) is 1. The number of pyridine rings is 1. The van der Waals surface area contributed by atoms with Gasteiger partial charge in [-0.25, -0.2) is 0 Å². The fourth-order valence-corrected chi connectivity index (χ4v) is 1.89. The van der Waals surface area contributed by atoms with Crippen molar-refractivity contribution >= 4 is 11.6 Å². The Labute approximate surface area is 113 Å². The van der Waals surface area contributed by atoms with Crippen molar-refractivity contribution in [2.45, 2.75) is 25.4 Å². The molecule has 1 heterocycles. The van der Waals surface area contributed by atoms with Gasteiger partial charge in [0.05, 0.1) is 17.2 Å². The zero-order valence-electron chi connectivity index (χ0n) is 10.9. The molecular weight excluding hydrogens is 252 g/mol. The van der Waals surface area contributed by atoms with Crippen LogP contribution in [0.1, 0.15) is 18.9 Å². The lowest BCUT2D eigenvalue weighted by molar-refractivity contribution is 0.0510. The summed E-state index contributed by atoms with van der Waals surface area (Å²) >= 11 is 6.03. The predicted molar refractivity (Wildman–Crippen MR) is 72.9 cm³/mol. The Kier molecular flexibility index (Phi) is 6.57. The molecule has 4 nitrogen and oxygen atoms in total. The summed E-state index contributed by atoms with van der Waals surface area (Å²) in [7, 11) is 1.67. The summed E-state index contributed by atoms with van der Waals surface area (Å²) in [5.74, 6) is 0. The van der Waals surface area contributed by atoms with Crippen molar-refractivity contribution in [2.75, 3.05) is 26.8 Å². The lowest BCUT2D eigenvalue weighted by atomic mass is 9.94. The summed E-state index contributed by atoms with van der Waals surface area (Å²) in [5, 5.41) is 14.1. The van der Waals surface area contributed by atoms with Gasteiger partial charge in [-0.05, 0) is 31.5 Å². The zero-order chi connectivity index (χ0) is 13.4. The Morgan fingerprint density at radius 3 is 2.94 bits per heavy atom. The van der Waals surface area contributed by atoms with E-state index in [1.807, 2.05) is 13.0 Å². The molecule has 0 aliphatic rings. The largest absolute Gasteiger partial charge is 0.390 e. The van der Waals surface area contributed by atoms with E-state index in [9.17, 15) is 5.11 Å². The van der Waals surface area contributed by atoms with E-state index in [0.717, 1.165) is 18.7 Å². The van der Waals surface area contributed by atoms with Gasteiger partial charge in [0.25, 0.3) is 0 Å². The van der Waals surface area contributed by atoms with Crippen LogP contribution in [0.25, 0.3) is 0 Å². The number of aliphatic hydroxyl groups is 1. The maximum atomic E-state index is 10.3. The number of hydrogen-bond donors (Lipinski definition) is 2. The Hall–Kier alpha value is -0.680. The van der Waals surface area contributed by atoms with Crippen molar-refractivity contribution in [3.8, 4) is 0 Å². The third-order valence-electron chi connectivity index (χ3n) is 2.75. The highest BCUT2D eigenvalue weighted by atomic mass is 35.5. The van der Waals surface area contributed by atoms with Crippen molar-refractivity contribution in [2.24, 2.45) is 0 Å². The molecule has 1 rings (SSSR count). The second kappa shape index (κ2) is 7.69. The van der Waals surface area contributed by atoms with Crippen LogP contribution in [-0.4, -0.2) is 42.5 Å². The first-order valence-electron chi connectivity index (χ1n) is 6.05. The molecule has 5 heteroatoms. The van der Waals surface area contributed by atoms with Crippen LogP contribution in [0.4, 0.5) is 0 Å². The van der Waals surface area contributed by atoms with Crippen LogP contribution in [0.5, 0.6) is 0 Å². The SMILES string of the molecule is COCCNCCC(C)(O)Cc1ccncc1Cl. The van der Waals surface area contributed by atoms with E-state index in [1.165, 1.54) is 0 Å². The van der Waals surface area contributed by atoms with E-state index in [-0.39, 0.29) is 0 Å². The van der Waals surface area contributed by atoms with Gasteiger partial charge in [0.1, 0.15) is 0 Å². The molecule has 0 aromatic carbocycles. The summed E-state index contributed by atoms with van der Waals surface area (Å²) in [6.07, 6.45) is 4.48. The van der Waals surface area contributed by atoms with Gasteiger partial charge in [0, 0.05) is 32.5 Å². The zero-order valence-corrected chi connectivity index (χ0v) is 11.7. The van der Waals surface area contributed by atoms with Crippen LogP contribution in [-0.2, 0) is 11.2 Å². The minimum absolute atomic E-state index is 0.528. The maximum absolute atomic E-state index is 10.3. The Balaban J connectivity index is 2.37. The average Bonchev–Trinajstić information content (AvgIpc) is 2.31. The Bertz CT molecular complexity index is 359. The fourth-order valence-electron chi connectivity index (χ4n) is 1.70. The van der Waals surface area contributed by atoms with Gasteiger partial charge in [-0.1, -0.05) is 11.6 Å². The topological polar surface area (TPSA) is 54.4 Å². The van der Waals surface area contributed by atoms with E-state index in [0.29, 0.717) is 24.5 Å². The van der Waals surface area contributed by atoms with E-state index in [1.54, 1.807) is 19.5 Å². The molecule has 18 heavy (non-hydrogen) atoms. The quantitative estimate of drug-likeness (QED) is 0.707. The number of ether oxygens (including phenoxy) is 1. The predicted octanol–water partition coefficient (Wildman–Crippen LogP) is 1.65. The van der Waals surface area contributed by atoms with Crippen LogP contribution in [0.3, 0.4) is 0 Å². The number of rotatable bonds is 8. The summed E-state index contributed by atoms with van der Waals surface area (Å²) in [5.41, 5.74) is 0.152. The number of hydrogen-bond acceptors (Lipinski definition) is 4. The first-order chi connectivity index (χ1) is 8.55. The highest BCUT2D eigenvalue weighted by molar-refractivity contribution is 6.31. The van der Waals surface area contributed by atoms with E-state index in [4.69, 9.17) is 16.3 Å². The normalized spacial score (nSPS) is 14.4. The van der Waals surface area contributed by atoms with Crippen LogP contribution < -0.4 is 5.32 Å². The Morgan fingerprint density at radius 2 is 2.28 bits per heavy atom. The average molecular weight is 273 g/mol. The minimum Gasteiger partial charge on any atom is -0.390 e. The lowest BCUT2D eigenvalue weighted by Gasteiger charge is -2.24. The van der Waals surface area contributed by atoms with Gasteiger partial charge in [-0.3, -0.25) is 4.98 Å². The van der Waals surface area contributed by atoms with Gasteiger partial charge < -0.3 is 15.2 Å². The number of methoxy groups -OCH3 is 1. The molecule has 102 valence electrons. The molecule has 1 aromatic heterocycles. The molecule has 0 saturated heterocycles. The smallest absolute Gasteiger partial charge is 0.0672 e. The molecule has 2 N–H and O–H groups in total. The number of aromatic nitrogens is 1. The molecule has 0 amide bonds. The standard InChI is InChI=1S/C13H21ClN2O2/c1-13(17,4-6-15-7-8-18-2)9-11-3-5-16-10-12(11)14/h3,5,10,15,17H,4,6-9H2,1-2H3. The van der Waals surface area contributed by atoms with Crippen molar-refractivity contribution < 1.29 is 9.84 Å². The maximum Gasteiger partial charge on any atom is 0.0672 e. The van der Waals surface area contributed by atoms with E-state index < -0.39 is 5.60 Å². The van der Waals surface area contributed by atoms with Crippen LogP contribution in [0.15, 0.2) is 18.5 Å². The summed E-state index contributed by atoms with van der Waals surface area (Å²) in [6.45, 7) is 4.04. The molecule has 0 fully saturated rings. The summed E-state index contributed by atoms with van der Waals surface area (Å²) in [4.78, 5) is 3.93. The van der Waals surface area contributed by atoms with Crippen LogP contribution >= 0.6 is 11.6 Å². The van der Waals surface area contributed by atoms with E-state index >= 15 is 0 Å². The fraction of sp³-hybridized carbons (Fsp3) is 0.615. The number of nitrogens with one attached hydrogen (secondary N) is 1. The second-order valence-electron chi connectivity index (χ2n) is 4.63. The van der Waals surface area contributed by atoms with Gasteiger partial charge in [-0.2, -0.15) is 0 Å².